The maximum absolute atomic E-state index is 14.6. The molecule has 0 spiro atoms. The highest BCUT2D eigenvalue weighted by Gasteiger charge is 2.35. The van der Waals surface area contributed by atoms with Crippen LogP contribution in [-0.4, -0.2) is 63.1 Å². The van der Waals surface area contributed by atoms with Crippen molar-refractivity contribution < 1.29 is 19.1 Å². The molecule has 5 rings (SSSR count). The van der Waals surface area contributed by atoms with Crippen molar-refractivity contribution in [3.8, 4) is 5.75 Å². The van der Waals surface area contributed by atoms with Gasteiger partial charge in [-0.3, -0.25) is 14.4 Å². The Morgan fingerprint density at radius 2 is 1.76 bits per heavy atom. The van der Waals surface area contributed by atoms with Crippen LogP contribution in [0.2, 0.25) is 0 Å². The van der Waals surface area contributed by atoms with Crippen molar-refractivity contribution in [2.45, 2.75) is 19.3 Å². The molecule has 9 heteroatoms. The minimum atomic E-state index is -0.607. The number of nitrogens with one attached hydrogen (secondary N) is 1. The number of halogens is 1. The predicted molar refractivity (Wildman–Crippen MR) is 118 cm³/mol. The molecule has 2 aliphatic rings. The third-order valence-electron chi connectivity index (χ3n) is 6.29. The predicted octanol–water partition coefficient (Wildman–Crippen LogP) is 2.05. The van der Waals surface area contributed by atoms with Gasteiger partial charge in [-0.15, -0.1) is 0 Å². The monoisotopic (exact) mass is 450 g/mol. The minimum absolute atomic E-state index is 0.0270. The summed E-state index contributed by atoms with van der Waals surface area (Å²) in [5, 5.41) is 17.1. The van der Waals surface area contributed by atoms with E-state index in [-0.39, 0.29) is 29.6 Å². The number of aromatic amines is 1. The zero-order chi connectivity index (χ0) is 23.1. The Hall–Kier alpha value is -3.75. The van der Waals surface area contributed by atoms with Gasteiger partial charge in [-0.05, 0) is 48.7 Å². The summed E-state index contributed by atoms with van der Waals surface area (Å²) >= 11 is 0. The molecule has 0 atom stereocenters. The fourth-order valence-corrected chi connectivity index (χ4v) is 4.27. The van der Waals surface area contributed by atoms with E-state index in [1.54, 1.807) is 21.9 Å². The number of hydrogen-bond acceptors (Lipinski definition) is 5. The van der Waals surface area contributed by atoms with Crippen LogP contribution in [0.15, 0.2) is 41.2 Å². The van der Waals surface area contributed by atoms with Gasteiger partial charge in [-0.2, -0.15) is 5.10 Å². The van der Waals surface area contributed by atoms with Crippen molar-refractivity contribution in [2.24, 2.45) is 5.92 Å². The van der Waals surface area contributed by atoms with Crippen molar-refractivity contribution >= 4 is 22.6 Å². The van der Waals surface area contributed by atoms with Crippen molar-refractivity contribution in [1.29, 1.82) is 0 Å². The number of carbonyl (C=O) groups is 2. The molecule has 2 fully saturated rings. The van der Waals surface area contributed by atoms with E-state index in [0.717, 1.165) is 12.8 Å². The van der Waals surface area contributed by atoms with E-state index in [9.17, 15) is 23.9 Å². The molecule has 8 nitrogen and oxygen atoms in total. The molecule has 33 heavy (non-hydrogen) atoms. The fraction of sp³-hybridized carbons (Fsp3) is 0.333. The van der Waals surface area contributed by atoms with Crippen molar-refractivity contribution in [3.63, 3.8) is 0 Å². The Kier molecular flexibility index (Phi) is 5.32. The number of nitrogens with zero attached hydrogens (tertiary/aromatic N) is 3. The second-order valence-corrected chi connectivity index (χ2v) is 8.61. The summed E-state index contributed by atoms with van der Waals surface area (Å²) in [5.41, 5.74) is 0.762. The number of aromatic hydroxyl groups is 1. The molecule has 170 valence electrons. The van der Waals surface area contributed by atoms with Gasteiger partial charge in [0.05, 0.1) is 16.6 Å². The number of hydrogen-bond donors (Lipinski definition) is 2. The Morgan fingerprint density at radius 1 is 1.03 bits per heavy atom. The first-order chi connectivity index (χ1) is 15.9. The van der Waals surface area contributed by atoms with Crippen molar-refractivity contribution in [2.75, 3.05) is 26.2 Å². The van der Waals surface area contributed by atoms with Gasteiger partial charge in [0.15, 0.2) is 0 Å². The molecule has 1 saturated heterocycles. The van der Waals surface area contributed by atoms with Gasteiger partial charge < -0.3 is 14.9 Å². The van der Waals surface area contributed by atoms with Crippen LogP contribution in [0.25, 0.3) is 10.8 Å². The van der Waals surface area contributed by atoms with Crippen LogP contribution in [0.3, 0.4) is 0 Å². The standard InChI is InChI=1S/C24H23FN4O4/c25-20-6-1-14(12-21-17-5-4-16(30)13-18(17)22(31)27-26-21)11-19(20)24(33)29-9-7-28(8-10-29)23(32)15-2-3-15/h1,4-6,11,13,15,30H,2-3,7-10,12H2,(H,27,31). The molecule has 2 heterocycles. The maximum atomic E-state index is 14.6. The van der Waals surface area contributed by atoms with Crippen LogP contribution >= 0.6 is 0 Å². The van der Waals surface area contributed by atoms with Crippen LogP contribution in [0.4, 0.5) is 4.39 Å². The highest BCUT2D eigenvalue weighted by Crippen LogP contribution is 2.31. The lowest BCUT2D eigenvalue weighted by molar-refractivity contribution is -0.134. The Balaban J connectivity index is 1.35. The maximum Gasteiger partial charge on any atom is 0.272 e. The van der Waals surface area contributed by atoms with Gasteiger partial charge in [0.1, 0.15) is 11.6 Å². The Labute approximate surface area is 188 Å². The topological polar surface area (TPSA) is 107 Å². The zero-order valence-corrected chi connectivity index (χ0v) is 17.9. The average molecular weight is 450 g/mol. The zero-order valence-electron chi connectivity index (χ0n) is 17.9. The van der Waals surface area contributed by atoms with Crippen molar-refractivity contribution in [1.82, 2.24) is 20.0 Å². The molecule has 1 aromatic heterocycles. The first-order valence-corrected chi connectivity index (χ1v) is 11.0. The molecule has 1 aliphatic carbocycles. The van der Waals surface area contributed by atoms with Crippen LogP contribution in [0, 0.1) is 11.7 Å². The lowest BCUT2D eigenvalue weighted by Gasteiger charge is -2.35. The second-order valence-electron chi connectivity index (χ2n) is 8.61. The number of fused-ring (bicyclic) bond motifs is 1. The highest BCUT2D eigenvalue weighted by molar-refractivity contribution is 5.95. The quantitative estimate of drug-likeness (QED) is 0.633. The largest absolute Gasteiger partial charge is 0.508 e. The third-order valence-corrected chi connectivity index (χ3v) is 6.29. The number of piperazine rings is 1. The molecule has 1 saturated carbocycles. The Morgan fingerprint density at radius 3 is 2.48 bits per heavy atom. The minimum Gasteiger partial charge on any atom is -0.508 e. The molecule has 1 aliphatic heterocycles. The summed E-state index contributed by atoms with van der Waals surface area (Å²) in [6.07, 6.45) is 2.15. The highest BCUT2D eigenvalue weighted by atomic mass is 19.1. The first-order valence-electron chi connectivity index (χ1n) is 11.0. The van der Waals surface area contributed by atoms with Gasteiger partial charge in [-0.1, -0.05) is 6.07 Å². The van der Waals surface area contributed by atoms with Gasteiger partial charge >= 0.3 is 0 Å². The van der Waals surface area contributed by atoms with Gasteiger partial charge in [0.25, 0.3) is 11.5 Å². The number of aromatic nitrogens is 2. The van der Waals surface area contributed by atoms with E-state index in [4.69, 9.17) is 0 Å². The first kappa shape index (κ1) is 21.1. The molecule has 0 unspecified atom stereocenters. The molecular weight excluding hydrogens is 427 g/mol. The van der Waals surface area contributed by atoms with Crippen LogP contribution in [0.5, 0.6) is 5.75 Å². The number of phenols is 1. The van der Waals surface area contributed by atoms with E-state index in [2.05, 4.69) is 10.2 Å². The number of rotatable bonds is 4. The lowest BCUT2D eigenvalue weighted by Crippen LogP contribution is -2.51. The van der Waals surface area contributed by atoms with E-state index in [1.165, 1.54) is 24.3 Å². The molecule has 3 aromatic rings. The number of carbonyl (C=O) groups excluding carboxylic acids is 2. The van der Waals surface area contributed by atoms with E-state index >= 15 is 0 Å². The van der Waals surface area contributed by atoms with Crippen LogP contribution < -0.4 is 5.56 Å². The molecule has 0 bridgehead atoms. The molecule has 2 N–H and O–H groups in total. The normalized spacial score (nSPS) is 16.3. The van der Waals surface area contributed by atoms with Crippen molar-refractivity contribution in [3.05, 3.63) is 69.4 Å². The molecular formula is C24H23FN4O4. The Bertz CT molecular complexity index is 1310. The number of phenolic OH excluding ortho intramolecular Hbond substituents is 1. The second kappa shape index (κ2) is 8.31. The lowest BCUT2D eigenvalue weighted by atomic mass is 10.0. The number of H-pyrrole nitrogens is 1. The van der Waals surface area contributed by atoms with E-state index in [1.807, 2.05) is 0 Å². The van der Waals surface area contributed by atoms with E-state index < -0.39 is 17.3 Å². The summed E-state index contributed by atoms with van der Waals surface area (Å²) < 4.78 is 14.6. The molecule has 2 amide bonds. The molecule has 2 aromatic carbocycles. The van der Waals surface area contributed by atoms with Gasteiger partial charge in [0.2, 0.25) is 5.91 Å². The van der Waals surface area contributed by atoms with Gasteiger partial charge in [-0.25, -0.2) is 9.49 Å². The van der Waals surface area contributed by atoms with E-state index in [0.29, 0.717) is 48.2 Å². The van der Waals surface area contributed by atoms with Crippen LogP contribution in [0.1, 0.15) is 34.5 Å². The molecule has 0 radical (unpaired) electrons. The van der Waals surface area contributed by atoms with Gasteiger partial charge in [0, 0.05) is 43.9 Å². The third kappa shape index (κ3) is 4.18. The summed E-state index contributed by atoms with van der Waals surface area (Å²) in [4.78, 5) is 40.7. The number of benzene rings is 2. The van der Waals surface area contributed by atoms with Crippen LogP contribution in [-0.2, 0) is 11.2 Å². The summed E-state index contributed by atoms with van der Waals surface area (Å²) in [6.45, 7) is 1.66. The summed E-state index contributed by atoms with van der Waals surface area (Å²) in [6, 6.07) is 8.80. The number of amides is 2. The summed E-state index contributed by atoms with van der Waals surface area (Å²) in [7, 11) is 0. The average Bonchev–Trinajstić information content (AvgIpc) is 3.67. The fourth-order valence-electron chi connectivity index (χ4n) is 4.27. The SMILES string of the molecule is O=C(c1cc(Cc2n[nH]c(=O)c3cc(O)ccc23)ccc1F)N1CCN(C(=O)C2CC2)CC1. The smallest absolute Gasteiger partial charge is 0.272 e. The summed E-state index contributed by atoms with van der Waals surface area (Å²) in [5.74, 6) is -0.743.